The zero-order valence-electron chi connectivity index (χ0n) is 15.9. The summed E-state index contributed by atoms with van der Waals surface area (Å²) < 4.78 is 10.5. The van der Waals surface area contributed by atoms with E-state index in [1.165, 1.54) is 13.3 Å². The maximum Gasteiger partial charge on any atom is 0.339 e. The van der Waals surface area contributed by atoms with Crippen LogP contribution < -0.4 is 0 Å². The smallest absolute Gasteiger partial charge is 0.339 e. The third-order valence-electron chi connectivity index (χ3n) is 6.03. The van der Waals surface area contributed by atoms with Crippen molar-refractivity contribution in [1.82, 2.24) is 5.01 Å². The van der Waals surface area contributed by atoms with Crippen molar-refractivity contribution in [2.75, 3.05) is 7.11 Å². The largest absolute Gasteiger partial charge is 0.465 e. The van der Waals surface area contributed by atoms with Crippen molar-refractivity contribution >= 4 is 35.6 Å². The van der Waals surface area contributed by atoms with Gasteiger partial charge in [0.2, 0.25) is 0 Å². The Bertz CT molecular complexity index is 1100. The Kier molecular flexibility index (Phi) is 4.36. The Morgan fingerprint density at radius 2 is 1.87 bits per heavy atom. The average molecular weight is 425 g/mol. The number of hydrogen-bond donors (Lipinski definition) is 0. The normalized spacial score (nSPS) is 26.8. The molecule has 2 heterocycles. The molecule has 0 N–H and O–H groups in total. The number of rotatable bonds is 4. The van der Waals surface area contributed by atoms with E-state index in [4.69, 9.17) is 20.8 Å². The van der Waals surface area contributed by atoms with Gasteiger partial charge in [-0.15, -0.1) is 0 Å². The first-order chi connectivity index (χ1) is 14.5. The van der Waals surface area contributed by atoms with E-state index < -0.39 is 5.97 Å². The first-order valence-corrected chi connectivity index (χ1v) is 9.94. The molecule has 30 heavy (non-hydrogen) atoms. The molecule has 1 aliphatic heterocycles. The monoisotopic (exact) mass is 424 g/mol. The van der Waals surface area contributed by atoms with Gasteiger partial charge in [0, 0.05) is 5.56 Å². The second-order valence-corrected chi connectivity index (χ2v) is 8.03. The zero-order chi connectivity index (χ0) is 21.0. The van der Waals surface area contributed by atoms with Gasteiger partial charge >= 0.3 is 5.97 Å². The Hall–Kier alpha value is -3.19. The van der Waals surface area contributed by atoms with E-state index in [9.17, 15) is 14.4 Å². The summed E-state index contributed by atoms with van der Waals surface area (Å²) in [4.78, 5) is 37.2. The molecule has 0 radical (unpaired) electrons. The molecular formula is C22H17ClN2O5. The second-order valence-electron chi connectivity index (χ2n) is 7.62. The summed E-state index contributed by atoms with van der Waals surface area (Å²) >= 11 is 6.05. The van der Waals surface area contributed by atoms with Gasteiger partial charge in [0.25, 0.3) is 11.8 Å². The lowest BCUT2D eigenvalue weighted by Gasteiger charge is -2.13. The van der Waals surface area contributed by atoms with Gasteiger partial charge in [-0.2, -0.15) is 10.1 Å². The van der Waals surface area contributed by atoms with Gasteiger partial charge < -0.3 is 9.15 Å². The molecule has 1 aromatic heterocycles. The third-order valence-corrected chi connectivity index (χ3v) is 6.36. The first-order valence-electron chi connectivity index (χ1n) is 9.56. The molecule has 4 atom stereocenters. The van der Waals surface area contributed by atoms with Crippen LogP contribution >= 0.6 is 11.6 Å². The van der Waals surface area contributed by atoms with Gasteiger partial charge in [0.15, 0.2) is 0 Å². The molecule has 1 saturated heterocycles. The SMILES string of the molecule is COC(=O)c1cc(-c2ccc(/C=N/N3C(=O)C4C5C=CC(C5)C4C3=O)o2)ccc1Cl. The number of imide groups is 1. The van der Waals surface area contributed by atoms with Crippen molar-refractivity contribution in [3.63, 3.8) is 0 Å². The number of amides is 2. The summed E-state index contributed by atoms with van der Waals surface area (Å²) in [5.74, 6) is -0.479. The van der Waals surface area contributed by atoms with Crippen LogP contribution in [0.5, 0.6) is 0 Å². The molecular weight excluding hydrogens is 408 g/mol. The molecule has 2 bridgehead atoms. The third kappa shape index (κ3) is 2.81. The number of esters is 1. The van der Waals surface area contributed by atoms with Crippen molar-refractivity contribution in [3.8, 4) is 11.3 Å². The molecule has 0 spiro atoms. The Balaban J connectivity index is 1.36. The van der Waals surface area contributed by atoms with Crippen LogP contribution in [0, 0.1) is 23.7 Å². The van der Waals surface area contributed by atoms with Gasteiger partial charge in [0.1, 0.15) is 11.5 Å². The average Bonchev–Trinajstić information content (AvgIpc) is 3.52. The topological polar surface area (TPSA) is 89.2 Å². The van der Waals surface area contributed by atoms with Gasteiger partial charge in [-0.3, -0.25) is 9.59 Å². The number of benzene rings is 1. The highest BCUT2D eigenvalue weighted by Gasteiger charge is 2.59. The summed E-state index contributed by atoms with van der Waals surface area (Å²) in [5.41, 5.74) is 0.858. The Labute approximate surface area is 176 Å². The van der Waals surface area contributed by atoms with Crippen molar-refractivity contribution in [3.05, 3.63) is 58.8 Å². The van der Waals surface area contributed by atoms with Crippen LogP contribution in [0.2, 0.25) is 5.02 Å². The van der Waals surface area contributed by atoms with E-state index in [0.717, 1.165) is 11.4 Å². The fourth-order valence-corrected chi connectivity index (χ4v) is 4.83. The lowest BCUT2D eigenvalue weighted by atomic mass is 9.85. The van der Waals surface area contributed by atoms with Gasteiger partial charge in [0.05, 0.1) is 35.7 Å². The maximum atomic E-state index is 12.7. The lowest BCUT2D eigenvalue weighted by molar-refractivity contribution is -0.140. The van der Waals surface area contributed by atoms with Gasteiger partial charge in [-0.1, -0.05) is 23.8 Å². The van der Waals surface area contributed by atoms with E-state index in [1.807, 2.05) is 12.2 Å². The standard InChI is InChI=1S/C22H17ClN2O5/c1-29-22(28)15-9-11(4-6-16(15)23)17-7-5-14(30-17)10-24-25-20(26)18-12-2-3-13(8-12)19(18)21(25)27/h2-7,9-10,12-13,18-19H,8H2,1H3/b24-10+. The molecule has 152 valence electrons. The number of methoxy groups -OCH3 is 1. The second kappa shape index (κ2) is 6.95. The summed E-state index contributed by atoms with van der Waals surface area (Å²) in [7, 11) is 1.28. The maximum absolute atomic E-state index is 12.7. The minimum absolute atomic E-state index is 0.140. The molecule has 2 aromatic rings. The van der Waals surface area contributed by atoms with Crippen molar-refractivity contribution in [2.24, 2.45) is 28.8 Å². The lowest BCUT2D eigenvalue weighted by Crippen LogP contribution is -2.28. The Morgan fingerprint density at radius 1 is 1.17 bits per heavy atom. The number of nitrogens with zero attached hydrogens (tertiary/aromatic N) is 2. The summed E-state index contributed by atoms with van der Waals surface area (Å²) in [5, 5.41) is 5.36. The molecule has 7 nitrogen and oxygen atoms in total. The van der Waals surface area contributed by atoms with Crippen LogP contribution in [-0.4, -0.2) is 36.1 Å². The number of carbonyl (C=O) groups excluding carboxylic acids is 3. The fourth-order valence-electron chi connectivity index (χ4n) is 4.64. The van der Waals surface area contributed by atoms with Crippen LogP contribution in [0.4, 0.5) is 0 Å². The predicted octanol–water partition coefficient (Wildman–Crippen LogP) is 3.53. The van der Waals surface area contributed by atoms with E-state index >= 15 is 0 Å². The molecule has 2 fully saturated rings. The number of hydrazone groups is 1. The summed E-state index contributed by atoms with van der Waals surface area (Å²) in [6.45, 7) is 0. The van der Waals surface area contributed by atoms with Crippen molar-refractivity contribution < 1.29 is 23.5 Å². The van der Waals surface area contributed by atoms with E-state index in [-0.39, 0.29) is 46.1 Å². The highest BCUT2D eigenvalue weighted by atomic mass is 35.5. The molecule has 1 saturated carbocycles. The number of halogens is 1. The van der Waals surface area contributed by atoms with Crippen LogP contribution in [0.1, 0.15) is 22.5 Å². The molecule has 5 rings (SSSR count). The molecule has 3 aliphatic rings. The van der Waals surface area contributed by atoms with Gasteiger partial charge in [-0.05, 0) is 48.6 Å². The molecule has 2 aliphatic carbocycles. The quantitative estimate of drug-likeness (QED) is 0.324. The van der Waals surface area contributed by atoms with E-state index in [2.05, 4.69) is 5.10 Å². The number of allylic oxidation sites excluding steroid dienone is 2. The van der Waals surface area contributed by atoms with Crippen LogP contribution in [0.3, 0.4) is 0 Å². The molecule has 4 unspecified atom stereocenters. The minimum Gasteiger partial charge on any atom is -0.465 e. The highest BCUT2D eigenvalue weighted by molar-refractivity contribution is 6.33. The van der Waals surface area contributed by atoms with Crippen LogP contribution in [-0.2, 0) is 14.3 Å². The fraction of sp³-hybridized carbons (Fsp3) is 0.273. The van der Waals surface area contributed by atoms with Crippen LogP contribution in [0.25, 0.3) is 11.3 Å². The highest BCUT2D eigenvalue weighted by Crippen LogP contribution is 2.52. The van der Waals surface area contributed by atoms with Crippen LogP contribution in [0.15, 0.2) is 52.0 Å². The number of fused-ring (bicyclic) bond motifs is 5. The van der Waals surface area contributed by atoms with Crippen molar-refractivity contribution in [1.29, 1.82) is 0 Å². The summed E-state index contributed by atoms with van der Waals surface area (Å²) in [6, 6.07) is 8.25. The van der Waals surface area contributed by atoms with Gasteiger partial charge in [-0.25, -0.2) is 4.79 Å². The van der Waals surface area contributed by atoms with E-state index in [0.29, 0.717) is 17.1 Å². The molecule has 8 heteroatoms. The molecule has 1 aromatic carbocycles. The van der Waals surface area contributed by atoms with E-state index in [1.54, 1.807) is 30.3 Å². The number of furan rings is 1. The number of ether oxygens (including phenoxy) is 1. The van der Waals surface area contributed by atoms with Crippen molar-refractivity contribution in [2.45, 2.75) is 6.42 Å². The Morgan fingerprint density at radius 3 is 2.53 bits per heavy atom. The first kappa shape index (κ1) is 18.8. The minimum atomic E-state index is -0.546. The summed E-state index contributed by atoms with van der Waals surface area (Å²) in [6.07, 6.45) is 6.31. The number of hydrogen-bond acceptors (Lipinski definition) is 6. The molecule has 2 amide bonds. The predicted molar refractivity (Wildman–Crippen MR) is 108 cm³/mol. The zero-order valence-corrected chi connectivity index (χ0v) is 16.7. The number of carbonyl (C=O) groups is 3.